The zero-order valence-corrected chi connectivity index (χ0v) is 19.7. The van der Waals surface area contributed by atoms with E-state index in [0.717, 1.165) is 66.0 Å². The van der Waals surface area contributed by atoms with Crippen LogP contribution in [-0.4, -0.2) is 54.8 Å². The standard InChI is InChI=1S/C23H27F3N6S/c1-15-19(12-27-31(15)3)20-28-29-21(30(20)2)33-10-4-9-32-13-18-11-22(18,14-32)16-5-7-17(8-6-16)23(24,25)26/h5-8,12,18H,4,9-11,13-14H2,1-3H3/t18-,22+/m0/s1. The summed E-state index contributed by atoms with van der Waals surface area (Å²) in [6, 6.07) is 5.80. The van der Waals surface area contributed by atoms with Crippen molar-refractivity contribution in [2.45, 2.75) is 36.5 Å². The Morgan fingerprint density at radius 3 is 2.58 bits per heavy atom. The number of nitrogens with zero attached hydrogens (tertiary/aromatic N) is 6. The molecule has 0 amide bonds. The van der Waals surface area contributed by atoms with Gasteiger partial charge >= 0.3 is 6.18 Å². The van der Waals surface area contributed by atoms with Crippen LogP contribution in [-0.2, 0) is 25.7 Å². The molecule has 0 unspecified atom stereocenters. The second-order valence-corrected chi connectivity index (χ2v) is 10.3. The number of fused-ring (bicyclic) bond motifs is 1. The highest BCUT2D eigenvalue weighted by molar-refractivity contribution is 7.99. The SMILES string of the molecule is Cc1c(-c2nnc(SCCCN3C[C@@H]4C[C@]4(c4ccc(C(F)(F)F)cc4)C3)n2C)cnn1C. The normalized spacial score (nSPS) is 22.7. The van der Waals surface area contributed by atoms with Gasteiger partial charge in [0.25, 0.3) is 0 Å². The van der Waals surface area contributed by atoms with Crippen LogP contribution in [0.1, 0.15) is 29.7 Å². The van der Waals surface area contributed by atoms with Crippen molar-refractivity contribution in [3.63, 3.8) is 0 Å². The Balaban J connectivity index is 1.13. The van der Waals surface area contributed by atoms with E-state index in [1.54, 1.807) is 23.9 Å². The quantitative estimate of drug-likeness (QED) is 0.376. The van der Waals surface area contributed by atoms with Gasteiger partial charge in [-0.15, -0.1) is 10.2 Å². The second kappa shape index (κ2) is 8.16. The minimum absolute atomic E-state index is 0.0529. The molecule has 2 fully saturated rings. The van der Waals surface area contributed by atoms with Crippen LogP contribution in [0.2, 0.25) is 0 Å². The van der Waals surface area contributed by atoms with Crippen molar-refractivity contribution < 1.29 is 13.2 Å². The number of alkyl halides is 3. The van der Waals surface area contributed by atoms with Gasteiger partial charge in [-0.1, -0.05) is 23.9 Å². The van der Waals surface area contributed by atoms with Crippen LogP contribution in [0.25, 0.3) is 11.4 Å². The third-order valence-electron chi connectivity index (χ3n) is 7.16. The van der Waals surface area contributed by atoms with Crippen molar-refractivity contribution >= 4 is 11.8 Å². The molecule has 6 nitrogen and oxygen atoms in total. The molecule has 0 N–H and O–H groups in total. The van der Waals surface area contributed by atoms with Gasteiger partial charge in [0.1, 0.15) is 0 Å². The van der Waals surface area contributed by atoms with E-state index in [2.05, 4.69) is 20.2 Å². The van der Waals surface area contributed by atoms with Crippen LogP contribution in [0, 0.1) is 12.8 Å². The van der Waals surface area contributed by atoms with Crippen molar-refractivity contribution in [2.24, 2.45) is 20.0 Å². The van der Waals surface area contributed by atoms with Gasteiger partial charge in [-0.25, -0.2) is 0 Å². The third kappa shape index (κ3) is 4.07. The molecule has 2 aromatic heterocycles. The van der Waals surface area contributed by atoms with Crippen molar-refractivity contribution in [1.29, 1.82) is 0 Å². The number of thioether (sulfide) groups is 1. The third-order valence-corrected chi connectivity index (χ3v) is 8.27. The minimum atomic E-state index is -4.28. The van der Waals surface area contributed by atoms with Gasteiger partial charge < -0.3 is 9.47 Å². The Bertz CT molecular complexity index is 1150. The molecular formula is C23H27F3N6S. The molecule has 2 atom stereocenters. The van der Waals surface area contributed by atoms with E-state index in [4.69, 9.17) is 0 Å². The maximum Gasteiger partial charge on any atom is 0.416 e. The molecule has 176 valence electrons. The Morgan fingerprint density at radius 2 is 1.91 bits per heavy atom. The van der Waals surface area contributed by atoms with Gasteiger partial charge in [0.05, 0.1) is 17.3 Å². The number of piperidine rings is 1. The van der Waals surface area contributed by atoms with E-state index in [-0.39, 0.29) is 5.41 Å². The Labute approximate surface area is 195 Å². The second-order valence-electron chi connectivity index (χ2n) is 9.20. The van der Waals surface area contributed by atoms with E-state index in [0.29, 0.717) is 5.92 Å². The monoisotopic (exact) mass is 476 g/mol. The Kier molecular flexibility index (Phi) is 5.55. The average molecular weight is 477 g/mol. The van der Waals surface area contributed by atoms with Crippen LogP contribution in [0.3, 0.4) is 0 Å². The summed E-state index contributed by atoms with van der Waals surface area (Å²) in [5.74, 6) is 2.32. The summed E-state index contributed by atoms with van der Waals surface area (Å²) < 4.78 is 42.4. The maximum atomic E-state index is 12.9. The lowest BCUT2D eigenvalue weighted by molar-refractivity contribution is -0.137. The Morgan fingerprint density at radius 1 is 1.15 bits per heavy atom. The lowest BCUT2D eigenvalue weighted by Gasteiger charge is -2.21. The molecule has 3 aromatic rings. The fraction of sp³-hybridized carbons (Fsp3) is 0.522. The molecule has 0 spiro atoms. The van der Waals surface area contributed by atoms with Crippen LogP contribution in [0.5, 0.6) is 0 Å². The number of hydrogen-bond donors (Lipinski definition) is 0. The molecule has 1 aromatic carbocycles. The van der Waals surface area contributed by atoms with Gasteiger partial charge in [-0.05, 0) is 49.9 Å². The van der Waals surface area contributed by atoms with Crippen molar-refractivity contribution in [3.8, 4) is 11.4 Å². The first-order valence-corrected chi connectivity index (χ1v) is 12.1. The molecule has 1 aliphatic carbocycles. The maximum absolute atomic E-state index is 12.9. The molecule has 2 aliphatic rings. The highest BCUT2D eigenvalue weighted by Crippen LogP contribution is 2.59. The van der Waals surface area contributed by atoms with E-state index in [9.17, 15) is 13.2 Å². The van der Waals surface area contributed by atoms with Gasteiger partial charge in [0.15, 0.2) is 11.0 Å². The fourth-order valence-electron chi connectivity index (χ4n) is 5.04. The minimum Gasteiger partial charge on any atom is -0.305 e. The van der Waals surface area contributed by atoms with Gasteiger partial charge in [0, 0.05) is 44.0 Å². The molecule has 1 saturated heterocycles. The summed E-state index contributed by atoms with van der Waals surface area (Å²) >= 11 is 1.70. The molecule has 0 radical (unpaired) electrons. The predicted molar refractivity (Wildman–Crippen MR) is 121 cm³/mol. The van der Waals surface area contributed by atoms with E-state index >= 15 is 0 Å². The summed E-state index contributed by atoms with van der Waals surface area (Å²) in [7, 11) is 3.89. The summed E-state index contributed by atoms with van der Waals surface area (Å²) in [4.78, 5) is 2.45. The number of halogens is 3. The van der Waals surface area contributed by atoms with Gasteiger partial charge in [-0.2, -0.15) is 18.3 Å². The van der Waals surface area contributed by atoms with E-state index < -0.39 is 11.7 Å². The summed E-state index contributed by atoms with van der Waals surface area (Å²) in [6.07, 6.45) is -0.356. The number of likely N-dealkylation sites (tertiary alicyclic amines) is 1. The summed E-state index contributed by atoms with van der Waals surface area (Å²) in [6.45, 7) is 4.96. The van der Waals surface area contributed by atoms with Crippen LogP contribution in [0.4, 0.5) is 13.2 Å². The number of hydrogen-bond acceptors (Lipinski definition) is 5. The lowest BCUT2D eigenvalue weighted by Crippen LogP contribution is -2.28. The molecule has 10 heteroatoms. The number of aromatic nitrogens is 5. The molecular weight excluding hydrogens is 449 g/mol. The fourth-order valence-corrected chi connectivity index (χ4v) is 5.87. The molecule has 1 saturated carbocycles. The predicted octanol–water partition coefficient (Wildman–Crippen LogP) is 4.30. The zero-order chi connectivity index (χ0) is 23.4. The van der Waals surface area contributed by atoms with Crippen LogP contribution < -0.4 is 0 Å². The molecule has 1 aliphatic heterocycles. The Hall–Kier alpha value is -2.33. The first-order valence-electron chi connectivity index (χ1n) is 11.1. The van der Waals surface area contributed by atoms with Gasteiger partial charge in [-0.3, -0.25) is 4.68 Å². The lowest BCUT2D eigenvalue weighted by atomic mass is 9.94. The zero-order valence-electron chi connectivity index (χ0n) is 18.9. The van der Waals surface area contributed by atoms with Gasteiger partial charge in [0.2, 0.25) is 0 Å². The topological polar surface area (TPSA) is 51.8 Å². The largest absolute Gasteiger partial charge is 0.416 e. The molecule has 0 bridgehead atoms. The molecule has 33 heavy (non-hydrogen) atoms. The van der Waals surface area contributed by atoms with E-state index in [1.165, 1.54) is 12.1 Å². The highest BCUT2D eigenvalue weighted by atomic mass is 32.2. The average Bonchev–Trinajstić information content (AvgIpc) is 3.01. The number of benzene rings is 1. The van der Waals surface area contributed by atoms with E-state index in [1.807, 2.05) is 36.5 Å². The first kappa shape index (κ1) is 22.5. The summed E-state index contributed by atoms with van der Waals surface area (Å²) in [5, 5.41) is 13.9. The summed E-state index contributed by atoms with van der Waals surface area (Å²) in [5.41, 5.74) is 2.57. The molecule has 5 rings (SSSR count). The smallest absolute Gasteiger partial charge is 0.305 e. The number of aryl methyl sites for hydroxylation is 1. The van der Waals surface area contributed by atoms with Crippen molar-refractivity contribution in [2.75, 3.05) is 25.4 Å². The van der Waals surface area contributed by atoms with Crippen LogP contribution in [0.15, 0.2) is 35.6 Å². The van der Waals surface area contributed by atoms with Crippen molar-refractivity contribution in [3.05, 3.63) is 47.3 Å². The highest BCUT2D eigenvalue weighted by Gasteiger charge is 2.60. The number of rotatable bonds is 7. The van der Waals surface area contributed by atoms with Crippen LogP contribution >= 0.6 is 11.8 Å². The van der Waals surface area contributed by atoms with Crippen molar-refractivity contribution in [1.82, 2.24) is 29.4 Å². The molecule has 3 heterocycles. The first-order chi connectivity index (χ1) is 15.7.